The number of hydrazine groups is 1. The second kappa shape index (κ2) is 4.95. The maximum absolute atomic E-state index is 5.47. The van der Waals surface area contributed by atoms with Crippen LogP contribution in [0, 0.1) is 0 Å². The van der Waals surface area contributed by atoms with Crippen LogP contribution < -0.4 is 11.3 Å². The summed E-state index contributed by atoms with van der Waals surface area (Å²) in [6.45, 7) is 6.34. The van der Waals surface area contributed by atoms with Gasteiger partial charge in [0.05, 0.1) is 14.4 Å². The van der Waals surface area contributed by atoms with Crippen molar-refractivity contribution in [3.8, 4) is 10.7 Å². The maximum Gasteiger partial charge on any atom is 0.171 e. The predicted molar refractivity (Wildman–Crippen MR) is 79.6 cm³/mol. The highest BCUT2D eigenvalue weighted by Crippen LogP contribution is 2.31. The summed E-state index contributed by atoms with van der Waals surface area (Å²) in [5.74, 6) is 6.80. The maximum atomic E-state index is 5.47. The molecular formula is C12H15BrN4S. The number of nitrogen functional groups attached to an aromatic ring is 1. The zero-order valence-electron chi connectivity index (χ0n) is 10.5. The Morgan fingerprint density at radius 3 is 2.50 bits per heavy atom. The molecule has 96 valence electrons. The van der Waals surface area contributed by atoms with Gasteiger partial charge < -0.3 is 5.43 Å². The summed E-state index contributed by atoms with van der Waals surface area (Å²) >= 11 is 5.05. The lowest BCUT2D eigenvalue weighted by molar-refractivity contribution is 0.568. The Morgan fingerprint density at radius 1 is 1.28 bits per heavy atom. The van der Waals surface area contributed by atoms with E-state index in [0.29, 0.717) is 11.6 Å². The molecule has 0 bridgehead atoms. The average Bonchev–Trinajstić information content (AvgIpc) is 2.74. The molecule has 0 spiro atoms. The summed E-state index contributed by atoms with van der Waals surface area (Å²) in [7, 11) is 0. The first kappa shape index (κ1) is 13.5. The van der Waals surface area contributed by atoms with Crippen LogP contribution in [-0.2, 0) is 5.41 Å². The van der Waals surface area contributed by atoms with Crippen LogP contribution in [0.5, 0.6) is 0 Å². The molecule has 0 saturated heterocycles. The van der Waals surface area contributed by atoms with Crippen LogP contribution in [0.25, 0.3) is 10.7 Å². The molecule has 0 aromatic carbocycles. The summed E-state index contributed by atoms with van der Waals surface area (Å²) in [4.78, 5) is 10.0. The summed E-state index contributed by atoms with van der Waals surface area (Å²) in [5, 5.41) is 0. The van der Waals surface area contributed by atoms with Crippen molar-refractivity contribution < 1.29 is 0 Å². The molecule has 0 atom stereocenters. The Kier molecular flexibility index (Phi) is 3.70. The fraction of sp³-hybridized carbons (Fsp3) is 0.333. The third-order valence-corrected chi connectivity index (χ3v) is 4.06. The van der Waals surface area contributed by atoms with Crippen LogP contribution in [0.1, 0.15) is 26.5 Å². The molecule has 0 aliphatic carbocycles. The molecule has 0 saturated carbocycles. The van der Waals surface area contributed by atoms with E-state index in [1.54, 1.807) is 11.3 Å². The molecule has 0 radical (unpaired) electrons. The normalized spacial score (nSPS) is 11.6. The Morgan fingerprint density at radius 2 is 2.00 bits per heavy atom. The fourth-order valence-electron chi connectivity index (χ4n) is 1.45. The molecular weight excluding hydrogens is 312 g/mol. The van der Waals surface area contributed by atoms with Crippen molar-refractivity contribution in [1.29, 1.82) is 0 Å². The van der Waals surface area contributed by atoms with Gasteiger partial charge >= 0.3 is 0 Å². The second-order valence-electron chi connectivity index (χ2n) is 4.96. The van der Waals surface area contributed by atoms with E-state index in [2.05, 4.69) is 52.1 Å². The fourth-order valence-corrected chi connectivity index (χ4v) is 2.77. The van der Waals surface area contributed by atoms with Crippen molar-refractivity contribution >= 4 is 33.1 Å². The van der Waals surface area contributed by atoms with E-state index in [9.17, 15) is 0 Å². The first-order valence-corrected chi connectivity index (χ1v) is 7.13. The number of hydrogen-bond donors (Lipinski definition) is 2. The summed E-state index contributed by atoms with van der Waals surface area (Å²) < 4.78 is 1.06. The Labute approximate surface area is 119 Å². The smallest absolute Gasteiger partial charge is 0.171 e. The van der Waals surface area contributed by atoms with Crippen LogP contribution >= 0.6 is 27.3 Å². The molecule has 4 nitrogen and oxygen atoms in total. The monoisotopic (exact) mass is 326 g/mol. The number of hydrogen-bond acceptors (Lipinski definition) is 5. The summed E-state index contributed by atoms with van der Waals surface area (Å²) in [6.07, 6.45) is 0. The highest BCUT2D eigenvalue weighted by molar-refractivity contribution is 9.11. The third kappa shape index (κ3) is 2.88. The molecule has 2 aromatic heterocycles. The van der Waals surface area contributed by atoms with Gasteiger partial charge in [0, 0.05) is 11.5 Å². The van der Waals surface area contributed by atoms with Crippen molar-refractivity contribution in [1.82, 2.24) is 9.97 Å². The molecule has 2 heterocycles. The molecule has 0 unspecified atom stereocenters. The van der Waals surface area contributed by atoms with Gasteiger partial charge in [-0.25, -0.2) is 15.8 Å². The first-order chi connectivity index (χ1) is 8.40. The second-order valence-corrected chi connectivity index (χ2v) is 7.42. The number of nitrogens with zero attached hydrogens (tertiary/aromatic N) is 2. The molecule has 3 N–H and O–H groups in total. The molecule has 2 rings (SSSR count). The zero-order chi connectivity index (χ0) is 13.3. The number of nitrogens with one attached hydrogen (secondary N) is 1. The number of rotatable bonds is 2. The van der Waals surface area contributed by atoms with Crippen molar-refractivity contribution in [2.45, 2.75) is 26.2 Å². The van der Waals surface area contributed by atoms with Gasteiger partial charge in [0.1, 0.15) is 5.82 Å². The van der Waals surface area contributed by atoms with Crippen LogP contribution in [0.3, 0.4) is 0 Å². The van der Waals surface area contributed by atoms with Gasteiger partial charge in [0.25, 0.3) is 0 Å². The van der Waals surface area contributed by atoms with Crippen molar-refractivity contribution in [3.63, 3.8) is 0 Å². The number of thiophene rings is 1. The van der Waals surface area contributed by atoms with E-state index in [1.165, 1.54) is 0 Å². The van der Waals surface area contributed by atoms with E-state index in [0.717, 1.165) is 14.4 Å². The van der Waals surface area contributed by atoms with Gasteiger partial charge in [-0.1, -0.05) is 20.8 Å². The van der Waals surface area contributed by atoms with Crippen LogP contribution in [-0.4, -0.2) is 9.97 Å². The van der Waals surface area contributed by atoms with Crippen molar-refractivity contribution in [2.75, 3.05) is 5.43 Å². The minimum Gasteiger partial charge on any atom is -0.308 e. The molecule has 0 fully saturated rings. The van der Waals surface area contributed by atoms with Gasteiger partial charge in [-0.2, -0.15) is 0 Å². The minimum atomic E-state index is -0.0439. The van der Waals surface area contributed by atoms with Crippen LogP contribution in [0.15, 0.2) is 22.0 Å². The van der Waals surface area contributed by atoms with E-state index in [4.69, 9.17) is 5.84 Å². The number of halogens is 1. The lowest BCUT2D eigenvalue weighted by Gasteiger charge is -2.19. The molecule has 6 heteroatoms. The lowest BCUT2D eigenvalue weighted by Crippen LogP contribution is -2.17. The van der Waals surface area contributed by atoms with Gasteiger partial charge in [-0.05, 0) is 28.1 Å². The number of aromatic nitrogens is 2. The SMILES string of the molecule is CC(C)(C)c1cc(NN)nc(-c2ccc(Br)s2)n1. The van der Waals surface area contributed by atoms with E-state index in [1.807, 2.05) is 18.2 Å². The van der Waals surface area contributed by atoms with E-state index >= 15 is 0 Å². The Bertz CT molecular complexity index is 559. The Balaban J connectivity index is 2.54. The van der Waals surface area contributed by atoms with Crippen LogP contribution in [0.2, 0.25) is 0 Å². The van der Waals surface area contributed by atoms with E-state index in [-0.39, 0.29) is 5.41 Å². The third-order valence-electron chi connectivity index (χ3n) is 2.44. The lowest BCUT2D eigenvalue weighted by atomic mass is 9.92. The summed E-state index contributed by atoms with van der Waals surface area (Å²) in [5.41, 5.74) is 3.52. The quantitative estimate of drug-likeness (QED) is 0.654. The highest BCUT2D eigenvalue weighted by Gasteiger charge is 2.18. The summed E-state index contributed by atoms with van der Waals surface area (Å²) in [6, 6.07) is 5.87. The number of nitrogens with two attached hydrogens (primary N) is 1. The molecule has 0 aliphatic heterocycles. The molecule has 0 aliphatic rings. The molecule has 18 heavy (non-hydrogen) atoms. The van der Waals surface area contributed by atoms with Gasteiger partial charge in [-0.3, -0.25) is 0 Å². The topological polar surface area (TPSA) is 63.8 Å². The molecule has 0 amide bonds. The first-order valence-electron chi connectivity index (χ1n) is 5.52. The average molecular weight is 327 g/mol. The molecule has 2 aromatic rings. The Hall–Kier alpha value is -0.980. The largest absolute Gasteiger partial charge is 0.308 e. The van der Waals surface area contributed by atoms with Crippen molar-refractivity contribution in [2.24, 2.45) is 5.84 Å². The standard InChI is InChI=1S/C12H15BrN4S/c1-12(2,3)8-6-10(17-14)16-11(15-8)7-4-5-9(13)18-7/h4-6H,14H2,1-3H3,(H,15,16,17). The number of anilines is 1. The van der Waals surface area contributed by atoms with Gasteiger partial charge in [0.2, 0.25) is 0 Å². The van der Waals surface area contributed by atoms with E-state index < -0.39 is 0 Å². The predicted octanol–water partition coefficient (Wildman–Crippen LogP) is 3.55. The van der Waals surface area contributed by atoms with Gasteiger partial charge in [0.15, 0.2) is 5.82 Å². The zero-order valence-corrected chi connectivity index (χ0v) is 12.9. The highest BCUT2D eigenvalue weighted by atomic mass is 79.9. The minimum absolute atomic E-state index is 0.0439. The van der Waals surface area contributed by atoms with Crippen LogP contribution in [0.4, 0.5) is 5.82 Å². The van der Waals surface area contributed by atoms with Gasteiger partial charge in [-0.15, -0.1) is 11.3 Å². The van der Waals surface area contributed by atoms with Crippen molar-refractivity contribution in [3.05, 3.63) is 27.7 Å².